The van der Waals surface area contributed by atoms with Crippen molar-refractivity contribution in [3.05, 3.63) is 0 Å². The topological polar surface area (TPSA) is 6.48 Å². The van der Waals surface area contributed by atoms with E-state index in [-0.39, 0.29) is 0 Å². The highest BCUT2D eigenvalue weighted by atomic mass is 15.2. The Labute approximate surface area is 101 Å². The van der Waals surface area contributed by atoms with Crippen molar-refractivity contribution in [3.63, 3.8) is 0 Å². The van der Waals surface area contributed by atoms with Gasteiger partial charge in [-0.05, 0) is 39.8 Å². The van der Waals surface area contributed by atoms with Gasteiger partial charge < -0.3 is 9.80 Å². The molecule has 0 radical (unpaired) electrons. The van der Waals surface area contributed by atoms with Gasteiger partial charge in [-0.25, -0.2) is 0 Å². The molecule has 0 aromatic heterocycles. The first-order chi connectivity index (χ1) is 7.77. The molecule has 0 amide bonds. The van der Waals surface area contributed by atoms with Gasteiger partial charge in [0.1, 0.15) is 0 Å². The number of hydrogen-bond donors (Lipinski definition) is 0. The van der Waals surface area contributed by atoms with Crippen molar-refractivity contribution in [3.8, 4) is 0 Å². The fraction of sp³-hybridized carbons (Fsp3) is 1.00. The van der Waals surface area contributed by atoms with Gasteiger partial charge in [-0.2, -0.15) is 0 Å². The van der Waals surface area contributed by atoms with Crippen LogP contribution in [0.2, 0.25) is 0 Å². The van der Waals surface area contributed by atoms with E-state index < -0.39 is 0 Å². The summed E-state index contributed by atoms with van der Waals surface area (Å²) in [5.41, 5.74) is 0. The Kier molecular flexibility index (Phi) is 4.66. The minimum absolute atomic E-state index is 0.886. The Morgan fingerprint density at radius 1 is 0.688 bits per heavy atom. The van der Waals surface area contributed by atoms with E-state index in [0.29, 0.717) is 0 Å². The zero-order chi connectivity index (χ0) is 11.4. The molecule has 0 spiro atoms. The molecule has 2 rings (SSSR count). The van der Waals surface area contributed by atoms with E-state index >= 15 is 0 Å². The van der Waals surface area contributed by atoms with Crippen LogP contribution in [-0.2, 0) is 0 Å². The quantitative estimate of drug-likeness (QED) is 0.708. The minimum Gasteiger partial charge on any atom is -0.302 e. The molecule has 0 saturated heterocycles. The van der Waals surface area contributed by atoms with Gasteiger partial charge in [-0.1, -0.05) is 25.7 Å². The summed E-state index contributed by atoms with van der Waals surface area (Å²) >= 11 is 0. The van der Waals surface area contributed by atoms with Gasteiger partial charge in [0.05, 0.1) is 0 Å². The lowest BCUT2D eigenvalue weighted by Crippen LogP contribution is -2.39. The number of likely N-dealkylation sites (N-methyl/N-ethyl adjacent to an activating group) is 2. The maximum atomic E-state index is 2.60. The molecule has 16 heavy (non-hydrogen) atoms. The summed E-state index contributed by atoms with van der Waals surface area (Å²) in [7, 11) is 4.64. The molecule has 0 N–H and O–H groups in total. The largest absolute Gasteiger partial charge is 0.302 e. The molecule has 2 fully saturated rings. The lowest BCUT2D eigenvalue weighted by molar-refractivity contribution is 0.179. The number of nitrogens with zero attached hydrogens (tertiary/aromatic N) is 2. The standard InChI is InChI=1S/C14H28N2/c1-15(13-7-3-4-8-13)11-12-16(2)14-9-5-6-10-14/h13-14H,3-12H2,1-2H3. The van der Waals surface area contributed by atoms with Crippen molar-refractivity contribution in [2.75, 3.05) is 27.2 Å². The maximum absolute atomic E-state index is 2.60. The molecule has 2 aliphatic rings. The average Bonchev–Trinajstić information content (AvgIpc) is 2.95. The molecule has 2 nitrogen and oxygen atoms in total. The van der Waals surface area contributed by atoms with E-state index in [0.717, 1.165) is 12.1 Å². The van der Waals surface area contributed by atoms with Crippen molar-refractivity contribution < 1.29 is 0 Å². The van der Waals surface area contributed by atoms with E-state index in [4.69, 9.17) is 0 Å². The van der Waals surface area contributed by atoms with Gasteiger partial charge in [-0.15, -0.1) is 0 Å². The first kappa shape index (κ1) is 12.4. The minimum atomic E-state index is 0.886. The van der Waals surface area contributed by atoms with Gasteiger partial charge in [0, 0.05) is 25.2 Å². The van der Waals surface area contributed by atoms with E-state index in [1.807, 2.05) is 0 Å². The third-order valence-corrected chi connectivity index (χ3v) is 4.70. The molecule has 0 aliphatic heterocycles. The maximum Gasteiger partial charge on any atom is 0.0109 e. The molecule has 0 aromatic carbocycles. The first-order valence-electron chi connectivity index (χ1n) is 7.18. The fourth-order valence-electron chi connectivity index (χ4n) is 3.37. The predicted molar refractivity (Wildman–Crippen MR) is 69.8 cm³/mol. The Morgan fingerprint density at radius 2 is 1.00 bits per heavy atom. The average molecular weight is 224 g/mol. The lowest BCUT2D eigenvalue weighted by atomic mass is 10.2. The first-order valence-corrected chi connectivity index (χ1v) is 7.18. The summed E-state index contributed by atoms with van der Waals surface area (Å²) in [6.07, 6.45) is 11.5. The highest BCUT2D eigenvalue weighted by Gasteiger charge is 2.22. The van der Waals surface area contributed by atoms with Crippen molar-refractivity contribution in [1.29, 1.82) is 0 Å². The van der Waals surface area contributed by atoms with Crippen LogP contribution in [0.4, 0.5) is 0 Å². The SMILES string of the molecule is CN(CCN(C)C1CCCC1)C1CCCC1. The second kappa shape index (κ2) is 6.02. The van der Waals surface area contributed by atoms with E-state index in [2.05, 4.69) is 23.9 Å². The highest BCUT2D eigenvalue weighted by Crippen LogP contribution is 2.24. The predicted octanol–water partition coefficient (Wildman–Crippen LogP) is 2.74. The van der Waals surface area contributed by atoms with Crippen LogP contribution in [0, 0.1) is 0 Å². The number of hydrogen-bond acceptors (Lipinski definition) is 2. The van der Waals surface area contributed by atoms with Crippen LogP contribution in [0.1, 0.15) is 51.4 Å². The molecule has 0 atom stereocenters. The summed E-state index contributed by atoms with van der Waals surface area (Å²) in [6.45, 7) is 2.52. The van der Waals surface area contributed by atoms with Gasteiger partial charge in [-0.3, -0.25) is 0 Å². The van der Waals surface area contributed by atoms with Gasteiger partial charge in [0.25, 0.3) is 0 Å². The van der Waals surface area contributed by atoms with Crippen LogP contribution < -0.4 is 0 Å². The fourth-order valence-corrected chi connectivity index (χ4v) is 3.37. The van der Waals surface area contributed by atoms with Crippen molar-refractivity contribution in [2.24, 2.45) is 0 Å². The van der Waals surface area contributed by atoms with E-state index in [1.165, 1.54) is 64.5 Å². The van der Waals surface area contributed by atoms with Crippen LogP contribution in [0.15, 0.2) is 0 Å². The normalized spacial score (nSPS) is 24.0. The molecular weight excluding hydrogens is 196 g/mol. The van der Waals surface area contributed by atoms with Crippen LogP contribution in [-0.4, -0.2) is 49.1 Å². The summed E-state index contributed by atoms with van der Waals surface area (Å²) in [4.78, 5) is 5.19. The lowest BCUT2D eigenvalue weighted by Gasteiger charge is -2.29. The molecule has 0 unspecified atom stereocenters. The van der Waals surface area contributed by atoms with Crippen molar-refractivity contribution in [2.45, 2.75) is 63.5 Å². The molecule has 2 heteroatoms. The zero-order valence-corrected chi connectivity index (χ0v) is 11.1. The van der Waals surface area contributed by atoms with Crippen molar-refractivity contribution >= 4 is 0 Å². The Balaban J connectivity index is 1.65. The van der Waals surface area contributed by atoms with Gasteiger partial charge in [0.15, 0.2) is 0 Å². The highest BCUT2D eigenvalue weighted by molar-refractivity contribution is 4.78. The molecule has 94 valence electrons. The van der Waals surface area contributed by atoms with E-state index in [1.54, 1.807) is 0 Å². The summed E-state index contributed by atoms with van der Waals surface area (Å²) in [5, 5.41) is 0. The summed E-state index contributed by atoms with van der Waals surface area (Å²) in [5.74, 6) is 0. The smallest absolute Gasteiger partial charge is 0.0109 e. The molecular formula is C14H28N2. The van der Waals surface area contributed by atoms with Crippen LogP contribution in [0.25, 0.3) is 0 Å². The summed E-state index contributed by atoms with van der Waals surface area (Å²) < 4.78 is 0. The van der Waals surface area contributed by atoms with Gasteiger partial charge >= 0.3 is 0 Å². The van der Waals surface area contributed by atoms with E-state index in [9.17, 15) is 0 Å². The number of rotatable bonds is 5. The van der Waals surface area contributed by atoms with Crippen LogP contribution in [0.3, 0.4) is 0 Å². The molecule has 2 saturated carbocycles. The Morgan fingerprint density at radius 3 is 1.31 bits per heavy atom. The monoisotopic (exact) mass is 224 g/mol. The zero-order valence-electron chi connectivity index (χ0n) is 11.1. The molecule has 2 aliphatic carbocycles. The third kappa shape index (κ3) is 3.21. The molecule has 0 heterocycles. The van der Waals surface area contributed by atoms with Crippen LogP contribution >= 0.6 is 0 Å². The summed E-state index contributed by atoms with van der Waals surface area (Å²) in [6, 6.07) is 1.77. The third-order valence-electron chi connectivity index (χ3n) is 4.70. The Bertz CT molecular complexity index is 171. The van der Waals surface area contributed by atoms with Crippen LogP contribution in [0.5, 0.6) is 0 Å². The van der Waals surface area contributed by atoms with Gasteiger partial charge in [0.2, 0.25) is 0 Å². The second-order valence-corrected chi connectivity index (χ2v) is 5.84. The second-order valence-electron chi connectivity index (χ2n) is 5.84. The molecule has 0 bridgehead atoms. The molecule has 0 aromatic rings. The Hall–Kier alpha value is -0.0800. The van der Waals surface area contributed by atoms with Crippen molar-refractivity contribution in [1.82, 2.24) is 9.80 Å².